The fourth-order valence-electron chi connectivity index (χ4n) is 3.09. The first-order chi connectivity index (χ1) is 14.0. The maximum absolute atomic E-state index is 13.0. The van der Waals surface area contributed by atoms with E-state index in [4.69, 9.17) is 16.3 Å². The number of carbonyl (C=O) groups is 2. The van der Waals surface area contributed by atoms with Crippen molar-refractivity contribution in [2.45, 2.75) is 45.7 Å². The summed E-state index contributed by atoms with van der Waals surface area (Å²) in [5.41, 5.74) is 1.99. The van der Waals surface area contributed by atoms with Gasteiger partial charge in [0.2, 0.25) is 11.8 Å². The summed E-state index contributed by atoms with van der Waals surface area (Å²) in [6.45, 7) is 4.65. The number of hydrogen-bond donors (Lipinski definition) is 1. The highest BCUT2D eigenvalue weighted by Crippen LogP contribution is 2.20. The van der Waals surface area contributed by atoms with Gasteiger partial charge in [0, 0.05) is 25.0 Å². The first-order valence-electron chi connectivity index (χ1n) is 9.90. The number of rotatable bonds is 10. The van der Waals surface area contributed by atoms with Crippen LogP contribution in [0.25, 0.3) is 0 Å². The Balaban J connectivity index is 2.02. The van der Waals surface area contributed by atoms with Crippen LogP contribution < -0.4 is 10.1 Å². The molecule has 1 N–H and O–H groups in total. The summed E-state index contributed by atoms with van der Waals surface area (Å²) >= 11 is 6.28. The topological polar surface area (TPSA) is 58.6 Å². The molecule has 0 radical (unpaired) electrons. The number of nitrogens with zero attached hydrogens (tertiary/aromatic N) is 1. The molecule has 1 atom stereocenters. The Morgan fingerprint density at radius 1 is 1.14 bits per heavy atom. The van der Waals surface area contributed by atoms with Crippen molar-refractivity contribution in [2.75, 3.05) is 13.7 Å². The van der Waals surface area contributed by atoms with Crippen LogP contribution in [0.4, 0.5) is 0 Å². The minimum atomic E-state index is -0.540. The van der Waals surface area contributed by atoms with Crippen LogP contribution in [0.3, 0.4) is 0 Å². The van der Waals surface area contributed by atoms with Crippen molar-refractivity contribution < 1.29 is 14.3 Å². The molecule has 2 aromatic rings. The average Bonchev–Trinajstić information content (AvgIpc) is 2.73. The quantitative estimate of drug-likeness (QED) is 0.585. The Hall–Kier alpha value is -2.53. The summed E-state index contributed by atoms with van der Waals surface area (Å²) in [7, 11) is 1.58. The number of ether oxygens (including phenoxy) is 1. The fraction of sp³-hybridized carbons (Fsp3) is 0.391. The molecule has 0 fully saturated rings. The van der Waals surface area contributed by atoms with E-state index < -0.39 is 6.04 Å². The Bertz CT molecular complexity index is 808. The van der Waals surface area contributed by atoms with E-state index in [2.05, 4.69) is 5.32 Å². The lowest BCUT2D eigenvalue weighted by molar-refractivity contribution is -0.141. The van der Waals surface area contributed by atoms with Gasteiger partial charge in [0.1, 0.15) is 11.8 Å². The van der Waals surface area contributed by atoms with E-state index in [1.54, 1.807) is 18.0 Å². The molecule has 2 aromatic carbocycles. The number of nitrogens with one attached hydrogen (secondary N) is 1. The third-order valence-electron chi connectivity index (χ3n) is 4.76. The minimum absolute atomic E-state index is 0.0899. The Morgan fingerprint density at radius 2 is 1.83 bits per heavy atom. The standard InChI is InChI=1S/C23H29ClN2O3/c1-4-21(23(28)25-3)26(16-18-8-5-6-9-20(18)24)22(27)10-7-15-29-19-13-11-17(2)12-14-19/h5-6,8-9,11-14,21H,4,7,10,15-16H2,1-3H3,(H,25,28)/t21-/m0/s1. The minimum Gasteiger partial charge on any atom is -0.494 e. The van der Waals surface area contributed by atoms with Gasteiger partial charge >= 0.3 is 0 Å². The van der Waals surface area contributed by atoms with Crippen LogP contribution in [-0.2, 0) is 16.1 Å². The van der Waals surface area contributed by atoms with Gasteiger partial charge in [0.05, 0.1) is 6.61 Å². The van der Waals surface area contributed by atoms with Gasteiger partial charge in [-0.05, 0) is 43.5 Å². The lowest BCUT2D eigenvalue weighted by atomic mass is 10.1. The van der Waals surface area contributed by atoms with Crippen molar-refractivity contribution in [3.63, 3.8) is 0 Å². The van der Waals surface area contributed by atoms with Gasteiger partial charge in [-0.2, -0.15) is 0 Å². The Morgan fingerprint density at radius 3 is 2.45 bits per heavy atom. The van der Waals surface area contributed by atoms with Crippen molar-refractivity contribution >= 4 is 23.4 Å². The molecule has 0 heterocycles. The van der Waals surface area contributed by atoms with Gasteiger partial charge < -0.3 is 15.0 Å². The molecule has 6 heteroatoms. The molecule has 29 heavy (non-hydrogen) atoms. The van der Waals surface area contributed by atoms with E-state index in [9.17, 15) is 9.59 Å². The first kappa shape index (κ1) is 22.8. The third kappa shape index (κ3) is 6.79. The number of benzene rings is 2. The molecule has 2 rings (SSSR count). The molecule has 0 bridgehead atoms. The van der Waals surface area contributed by atoms with Crippen LogP contribution in [0.2, 0.25) is 5.02 Å². The van der Waals surface area contributed by atoms with Crippen LogP contribution in [0.5, 0.6) is 5.75 Å². The largest absolute Gasteiger partial charge is 0.494 e. The summed E-state index contributed by atoms with van der Waals surface area (Å²) in [5, 5.41) is 3.24. The monoisotopic (exact) mass is 416 g/mol. The fourth-order valence-corrected chi connectivity index (χ4v) is 3.28. The molecule has 0 aliphatic carbocycles. The second kappa shape index (κ2) is 11.5. The van der Waals surface area contributed by atoms with Gasteiger partial charge in [-0.3, -0.25) is 9.59 Å². The molecule has 0 aliphatic rings. The lowest BCUT2D eigenvalue weighted by Crippen LogP contribution is -2.48. The highest BCUT2D eigenvalue weighted by atomic mass is 35.5. The zero-order valence-corrected chi connectivity index (χ0v) is 18.0. The predicted octanol–water partition coefficient (Wildman–Crippen LogP) is 4.36. The van der Waals surface area contributed by atoms with Gasteiger partial charge in [-0.15, -0.1) is 0 Å². The number of amides is 2. The molecular weight excluding hydrogens is 388 g/mol. The van der Waals surface area contributed by atoms with E-state index >= 15 is 0 Å². The molecule has 0 spiro atoms. The molecule has 0 saturated heterocycles. The van der Waals surface area contributed by atoms with E-state index in [0.29, 0.717) is 37.4 Å². The van der Waals surface area contributed by atoms with Crippen LogP contribution in [0.1, 0.15) is 37.3 Å². The summed E-state index contributed by atoms with van der Waals surface area (Å²) in [6, 6.07) is 14.6. The SMILES string of the molecule is CC[C@@H](C(=O)NC)N(Cc1ccccc1Cl)C(=O)CCCOc1ccc(C)cc1. The average molecular weight is 417 g/mol. The number of carbonyl (C=O) groups excluding carboxylic acids is 2. The van der Waals surface area contributed by atoms with E-state index in [1.807, 2.05) is 56.3 Å². The maximum Gasteiger partial charge on any atom is 0.242 e. The van der Waals surface area contributed by atoms with Gasteiger partial charge in [-0.1, -0.05) is 54.4 Å². The molecule has 0 aliphatic heterocycles. The van der Waals surface area contributed by atoms with E-state index in [-0.39, 0.29) is 11.8 Å². The second-order valence-electron chi connectivity index (χ2n) is 6.92. The van der Waals surface area contributed by atoms with Gasteiger partial charge in [-0.25, -0.2) is 0 Å². The zero-order valence-electron chi connectivity index (χ0n) is 17.3. The summed E-state index contributed by atoms with van der Waals surface area (Å²) < 4.78 is 5.71. The molecular formula is C23H29ClN2O3. The normalized spacial score (nSPS) is 11.6. The van der Waals surface area contributed by atoms with Crippen LogP contribution in [0, 0.1) is 6.92 Å². The van der Waals surface area contributed by atoms with Crippen molar-refractivity contribution in [1.29, 1.82) is 0 Å². The molecule has 0 unspecified atom stereocenters. The molecule has 156 valence electrons. The van der Waals surface area contributed by atoms with Gasteiger partial charge in [0.25, 0.3) is 0 Å². The summed E-state index contributed by atoms with van der Waals surface area (Å²) in [4.78, 5) is 26.9. The highest BCUT2D eigenvalue weighted by Gasteiger charge is 2.28. The van der Waals surface area contributed by atoms with Crippen molar-refractivity contribution in [1.82, 2.24) is 10.2 Å². The number of likely N-dealkylation sites (N-methyl/N-ethyl adjacent to an activating group) is 1. The van der Waals surface area contributed by atoms with Crippen molar-refractivity contribution in [2.24, 2.45) is 0 Å². The maximum atomic E-state index is 13.0. The molecule has 0 aromatic heterocycles. The lowest BCUT2D eigenvalue weighted by Gasteiger charge is -2.30. The highest BCUT2D eigenvalue weighted by molar-refractivity contribution is 6.31. The van der Waals surface area contributed by atoms with Crippen molar-refractivity contribution in [3.8, 4) is 5.75 Å². The first-order valence-corrected chi connectivity index (χ1v) is 10.3. The van der Waals surface area contributed by atoms with Gasteiger partial charge in [0.15, 0.2) is 0 Å². The Kier molecular flexibility index (Phi) is 9.00. The van der Waals surface area contributed by atoms with Crippen molar-refractivity contribution in [3.05, 3.63) is 64.7 Å². The summed E-state index contributed by atoms with van der Waals surface area (Å²) in [5.74, 6) is 0.518. The number of aryl methyl sites for hydroxylation is 1. The molecule has 5 nitrogen and oxygen atoms in total. The smallest absolute Gasteiger partial charge is 0.242 e. The second-order valence-corrected chi connectivity index (χ2v) is 7.32. The number of hydrogen-bond acceptors (Lipinski definition) is 3. The summed E-state index contributed by atoms with van der Waals surface area (Å²) in [6.07, 6.45) is 1.38. The van der Waals surface area contributed by atoms with E-state index in [0.717, 1.165) is 11.3 Å². The Labute approximate surface area is 178 Å². The van der Waals surface area contributed by atoms with E-state index in [1.165, 1.54) is 5.56 Å². The van der Waals surface area contributed by atoms with Crippen LogP contribution >= 0.6 is 11.6 Å². The van der Waals surface area contributed by atoms with Crippen LogP contribution in [-0.4, -0.2) is 36.4 Å². The number of halogens is 1. The van der Waals surface area contributed by atoms with Crippen LogP contribution in [0.15, 0.2) is 48.5 Å². The zero-order chi connectivity index (χ0) is 21.2. The third-order valence-corrected chi connectivity index (χ3v) is 5.12. The molecule has 0 saturated carbocycles. The molecule has 2 amide bonds. The predicted molar refractivity (Wildman–Crippen MR) is 116 cm³/mol.